The fourth-order valence-corrected chi connectivity index (χ4v) is 1.76. The molecule has 0 aliphatic heterocycles. The van der Waals surface area contributed by atoms with Crippen LogP contribution >= 0.6 is 0 Å². The fraction of sp³-hybridized carbons (Fsp3) is 0.900. The van der Waals surface area contributed by atoms with Gasteiger partial charge in [0, 0.05) is 6.04 Å². The van der Waals surface area contributed by atoms with E-state index in [-0.39, 0.29) is 13.2 Å². The van der Waals surface area contributed by atoms with Gasteiger partial charge in [-0.25, -0.2) is 0 Å². The van der Waals surface area contributed by atoms with E-state index in [1.54, 1.807) is 0 Å². The molecular weight excluding hydrogens is 194 g/mol. The number of nitrogens with two attached hydrogens (primary N) is 1. The summed E-state index contributed by atoms with van der Waals surface area (Å²) in [5, 5.41) is 20.8. The highest BCUT2D eigenvalue weighted by atomic mass is 16.3. The van der Waals surface area contributed by atoms with Crippen LogP contribution in [0.15, 0.2) is 4.99 Å². The van der Waals surface area contributed by atoms with Crippen LogP contribution in [-0.4, -0.2) is 41.5 Å². The number of nitrogens with zero attached hydrogens (tertiary/aromatic N) is 1. The molecule has 5 N–H and O–H groups in total. The van der Waals surface area contributed by atoms with Crippen molar-refractivity contribution in [3.8, 4) is 0 Å². The molecule has 1 fully saturated rings. The number of aliphatic hydroxyl groups excluding tert-OH is 2. The minimum absolute atomic E-state index is 0.155. The van der Waals surface area contributed by atoms with Crippen molar-refractivity contribution in [1.82, 2.24) is 5.32 Å². The second kappa shape index (κ2) is 6.63. The van der Waals surface area contributed by atoms with Crippen molar-refractivity contribution >= 4 is 5.96 Å². The molecular formula is C10H21N3O2. The van der Waals surface area contributed by atoms with E-state index in [0.29, 0.717) is 12.0 Å². The van der Waals surface area contributed by atoms with E-state index in [1.165, 1.54) is 19.3 Å². The molecule has 88 valence electrons. The van der Waals surface area contributed by atoms with Gasteiger partial charge in [0.2, 0.25) is 0 Å². The highest BCUT2D eigenvalue weighted by Gasteiger charge is 2.13. The molecule has 15 heavy (non-hydrogen) atoms. The molecule has 0 heterocycles. The van der Waals surface area contributed by atoms with Gasteiger partial charge in [-0.1, -0.05) is 19.3 Å². The lowest BCUT2D eigenvalue weighted by molar-refractivity contribution is 0.102. The van der Waals surface area contributed by atoms with Gasteiger partial charge in [0.1, 0.15) is 0 Å². The molecule has 1 aliphatic carbocycles. The van der Waals surface area contributed by atoms with Gasteiger partial charge in [-0.15, -0.1) is 0 Å². The summed E-state index contributed by atoms with van der Waals surface area (Å²) >= 11 is 0. The summed E-state index contributed by atoms with van der Waals surface area (Å²) in [6.07, 6.45) is 5.25. The molecule has 5 nitrogen and oxygen atoms in total. The smallest absolute Gasteiger partial charge is 0.188 e. The number of nitrogens with one attached hydrogen (secondary N) is 1. The molecule has 0 aromatic heterocycles. The quantitative estimate of drug-likeness (QED) is 0.378. The summed E-state index contributed by atoms with van der Waals surface area (Å²) in [4.78, 5) is 3.96. The standard InChI is InChI=1S/C10H21N3O2/c11-10(12-6-9(15)7-14)13-8-4-2-1-3-5-8/h8-9,14-15H,1-7H2,(H3,11,12,13). The first-order valence-electron chi connectivity index (χ1n) is 5.57. The van der Waals surface area contributed by atoms with Gasteiger partial charge in [-0.2, -0.15) is 0 Å². The predicted molar refractivity (Wildman–Crippen MR) is 59.6 cm³/mol. The summed E-state index contributed by atoms with van der Waals surface area (Å²) in [5.74, 6) is 0.370. The van der Waals surface area contributed by atoms with E-state index in [1.807, 2.05) is 0 Å². The molecule has 0 amide bonds. The lowest BCUT2D eigenvalue weighted by atomic mass is 9.96. The van der Waals surface area contributed by atoms with Crippen LogP contribution in [0.4, 0.5) is 0 Å². The van der Waals surface area contributed by atoms with Crippen molar-refractivity contribution in [1.29, 1.82) is 0 Å². The third-order valence-corrected chi connectivity index (χ3v) is 2.64. The van der Waals surface area contributed by atoms with Gasteiger partial charge in [-0.05, 0) is 12.8 Å². The fourth-order valence-electron chi connectivity index (χ4n) is 1.76. The Kier molecular flexibility index (Phi) is 5.42. The first-order chi connectivity index (χ1) is 7.22. The Hall–Kier alpha value is -0.810. The third kappa shape index (κ3) is 4.99. The van der Waals surface area contributed by atoms with Crippen LogP contribution in [-0.2, 0) is 0 Å². The van der Waals surface area contributed by atoms with Crippen LogP contribution in [0.2, 0.25) is 0 Å². The Balaban J connectivity index is 2.23. The maximum atomic E-state index is 9.07. The summed E-state index contributed by atoms with van der Waals surface area (Å²) < 4.78 is 0. The molecule has 0 bridgehead atoms. The molecule has 1 rings (SSSR count). The van der Waals surface area contributed by atoms with Gasteiger partial charge in [0.15, 0.2) is 5.96 Å². The Morgan fingerprint density at radius 1 is 1.40 bits per heavy atom. The lowest BCUT2D eigenvalue weighted by Crippen LogP contribution is -2.41. The van der Waals surface area contributed by atoms with E-state index in [4.69, 9.17) is 15.9 Å². The molecule has 0 aromatic rings. The van der Waals surface area contributed by atoms with Crippen molar-refractivity contribution in [2.75, 3.05) is 13.2 Å². The molecule has 0 radical (unpaired) electrons. The van der Waals surface area contributed by atoms with Gasteiger partial charge in [0.05, 0.1) is 19.3 Å². The number of hydrogen-bond acceptors (Lipinski definition) is 3. The van der Waals surface area contributed by atoms with Gasteiger partial charge in [-0.3, -0.25) is 4.99 Å². The second-order valence-electron chi connectivity index (χ2n) is 4.04. The van der Waals surface area contributed by atoms with Crippen molar-refractivity contribution < 1.29 is 10.2 Å². The summed E-state index contributed by atoms with van der Waals surface area (Å²) in [5.41, 5.74) is 5.65. The first-order valence-corrected chi connectivity index (χ1v) is 5.57. The minimum atomic E-state index is -0.809. The molecule has 0 aromatic carbocycles. The van der Waals surface area contributed by atoms with E-state index in [9.17, 15) is 0 Å². The van der Waals surface area contributed by atoms with Crippen LogP contribution in [0.5, 0.6) is 0 Å². The Morgan fingerprint density at radius 2 is 2.07 bits per heavy atom. The maximum absolute atomic E-state index is 9.07. The van der Waals surface area contributed by atoms with Crippen LogP contribution in [0.1, 0.15) is 32.1 Å². The maximum Gasteiger partial charge on any atom is 0.188 e. The van der Waals surface area contributed by atoms with Gasteiger partial charge < -0.3 is 21.3 Å². The number of guanidine groups is 1. The van der Waals surface area contributed by atoms with Crippen LogP contribution < -0.4 is 11.1 Å². The zero-order valence-electron chi connectivity index (χ0n) is 9.02. The molecule has 1 saturated carbocycles. The predicted octanol–water partition coefficient (Wildman–Crippen LogP) is -0.423. The van der Waals surface area contributed by atoms with E-state index < -0.39 is 6.10 Å². The SMILES string of the molecule is NC(=NCC(O)CO)NC1CCCCC1. The summed E-state index contributed by atoms with van der Waals surface area (Å²) in [6, 6.07) is 0.425. The summed E-state index contributed by atoms with van der Waals surface area (Å²) in [7, 11) is 0. The van der Waals surface area contributed by atoms with E-state index >= 15 is 0 Å². The summed E-state index contributed by atoms with van der Waals surface area (Å²) in [6.45, 7) is -0.123. The Bertz CT molecular complexity index is 203. The number of aliphatic hydroxyl groups is 2. The third-order valence-electron chi connectivity index (χ3n) is 2.64. The molecule has 1 aliphatic rings. The average Bonchev–Trinajstić information content (AvgIpc) is 2.27. The Labute approximate surface area is 90.4 Å². The minimum Gasteiger partial charge on any atom is -0.394 e. The zero-order valence-corrected chi connectivity index (χ0v) is 9.02. The topological polar surface area (TPSA) is 90.9 Å². The average molecular weight is 215 g/mol. The van der Waals surface area contributed by atoms with Crippen LogP contribution in [0.25, 0.3) is 0 Å². The van der Waals surface area contributed by atoms with Crippen molar-refractivity contribution in [2.45, 2.75) is 44.2 Å². The van der Waals surface area contributed by atoms with E-state index in [2.05, 4.69) is 10.3 Å². The number of aliphatic imine (C=N–C) groups is 1. The second-order valence-corrected chi connectivity index (χ2v) is 4.04. The highest BCUT2D eigenvalue weighted by molar-refractivity contribution is 5.78. The molecule has 5 heteroatoms. The zero-order chi connectivity index (χ0) is 11.1. The first kappa shape index (κ1) is 12.3. The molecule has 0 spiro atoms. The normalized spacial score (nSPS) is 21.3. The number of hydrogen-bond donors (Lipinski definition) is 4. The number of rotatable bonds is 4. The van der Waals surface area contributed by atoms with Crippen molar-refractivity contribution in [3.63, 3.8) is 0 Å². The van der Waals surface area contributed by atoms with Gasteiger partial charge in [0.25, 0.3) is 0 Å². The Morgan fingerprint density at radius 3 is 2.67 bits per heavy atom. The lowest BCUT2D eigenvalue weighted by Gasteiger charge is -2.23. The van der Waals surface area contributed by atoms with Crippen LogP contribution in [0, 0.1) is 0 Å². The molecule has 1 unspecified atom stereocenters. The molecule has 0 saturated heterocycles. The van der Waals surface area contributed by atoms with Gasteiger partial charge >= 0.3 is 0 Å². The highest BCUT2D eigenvalue weighted by Crippen LogP contribution is 2.16. The van der Waals surface area contributed by atoms with Crippen LogP contribution in [0.3, 0.4) is 0 Å². The monoisotopic (exact) mass is 215 g/mol. The largest absolute Gasteiger partial charge is 0.394 e. The van der Waals surface area contributed by atoms with E-state index in [0.717, 1.165) is 12.8 Å². The van der Waals surface area contributed by atoms with Crippen molar-refractivity contribution in [3.05, 3.63) is 0 Å². The molecule has 1 atom stereocenters. The van der Waals surface area contributed by atoms with Crippen molar-refractivity contribution in [2.24, 2.45) is 10.7 Å².